The van der Waals surface area contributed by atoms with E-state index in [1.54, 1.807) is 45.0 Å². The van der Waals surface area contributed by atoms with E-state index in [4.69, 9.17) is 15.2 Å². The highest BCUT2D eigenvalue weighted by molar-refractivity contribution is 5.92. The van der Waals surface area contributed by atoms with Crippen molar-refractivity contribution in [2.24, 2.45) is 10.7 Å². The lowest BCUT2D eigenvalue weighted by Gasteiger charge is -2.19. The molecule has 0 saturated heterocycles. The number of carboxylic acids is 1. The minimum Gasteiger partial charge on any atom is -0.480 e. The van der Waals surface area contributed by atoms with Crippen LogP contribution in [-0.2, 0) is 20.9 Å². The molecule has 0 aliphatic heterocycles. The Hall–Kier alpha value is -3.30. The number of guanidine groups is 1. The third-order valence-corrected chi connectivity index (χ3v) is 3.37. The smallest absolute Gasteiger partial charge is 0.414 e. The first kappa shape index (κ1) is 23.7. The van der Waals surface area contributed by atoms with Crippen molar-refractivity contribution in [3.8, 4) is 0 Å². The van der Waals surface area contributed by atoms with Gasteiger partial charge in [0.15, 0.2) is 5.96 Å². The Morgan fingerprint density at radius 3 is 2.41 bits per heavy atom. The first-order chi connectivity index (χ1) is 13.6. The molecule has 0 heterocycles. The van der Waals surface area contributed by atoms with Crippen LogP contribution in [-0.4, -0.2) is 47.4 Å². The van der Waals surface area contributed by atoms with E-state index >= 15 is 0 Å². The van der Waals surface area contributed by atoms with Gasteiger partial charge in [0.1, 0.15) is 18.2 Å². The van der Waals surface area contributed by atoms with Crippen molar-refractivity contribution in [1.82, 2.24) is 10.6 Å². The van der Waals surface area contributed by atoms with Crippen molar-refractivity contribution < 1.29 is 29.0 Å². The summed E-state index contributed by atoms with van der Waals surface area (Å²) >= 11 is 0. The quantitative estimate of drug-likeness (QED) is 0.291. The van der Waals surface area contributed by atoms with Crippen molar-refractivity contribution in [1.29, 1.82) is 0 Å². The molecule has 10 nitrogen and oxygen atoms in total. The highest BCUT2D eigenvalue weighted by Crippen LogP contribution is 2.06. The van der Waals surface area contributed by atoms with Crippen molar-refractivity contribution in [2.45, 2.75) is 51.9 Å². The Bertz CT molecular complexity index is 715. The molecule has 160 valence electrons. The zero-order valence-corrected chi connectivity index (χ0v) is 16.8. The number of benzene rings is 1. The normalized spacial score (nSPS) is 12.6. The molecule has 0 aromatic heterocycles. The van der Waals surface area contributed by atoms with Crippen LogP contribution in [0.5, 0.6) is 0 Å². The van der Waals surface area contributed by atoms with Gasteiger partial charge in [0, 0.05) is 6.54 Å². The number of carbonyl (C=O) groups excluding carboxylic acids is 2. The molecule has 1 rings (SSSR count). The summed E-state index contributed by atoms with van der Waals surface area (Å²) in [6.07, 6.45) is -1.13. The molecular weight excluding hydrogens is 380 g/mol. The second-order valence-electron chi connectivity index (χ2n) is 7.13. The third-order valence-electron chi connectivity index (χ3n) is 3.37. The number of nitrogens with zero attached hydrogens (tertiary/aromatic N) is 1. The van der Waals surface area contributed by atoms with E-state index in [2.05, 4.69) is 15.6 Å². The summed E-state index contributed by atoms with van der Waals surface area (Å²) < 4.78 is 10.0. The molecule has 5 N–H and O–H groups in total. The molecule has 29 heavy (non-hydrogen) atoms. The predicted octanol–water partition coefficient (Wildman–Crippen LogP) is 1.99. The van der Waals surface area contributed by atoms with Gasteiger partial charge < -0.3 is 25.6 Å². The Labute approximate surface area is 169 Å². The number of ether oxygens (including phenoxy) is 2. The van der Waals surface area contributed by atoms with Crippen molar-refractivity contribution in [3.63, 3.8) is 0 Å². The Kier molecular flexibility index (Phi) is 9.43. The minimum atomic E-state index is -1.19. The highest BCUT2D eigenvalue weighted by Gasteiger charge is 2.20. The van der Waals surface area contributed by atoms with Crippen LogP contribution >= 0.6 is 0 Å². The molecule has 0 aliphatic rings. The van der Waals surface area contributed by atoms with Crippen LogP contribution in [0.15, 0.2) is 35.3 Å². The summed E-state index contributed by atoms with van der Waals surface area (Å²) in [4.78, 5) is 38.6. The van der Waals surface area contributed by atoms with Crippen molar-refractivity contribution >= 4 is 24.1 Å². The number of carbonyl (C=O) groups is 3. The van der Waals surface area contributed by atoms with Crippen LogP contribution < -0.4 is 16.4 Å². The summed E-state index contributed by atoms with van der Waals surface area (Å²) in [7, 11) is 0. The average Bonchev–Trinajstić information content (AvgIpc) is 2.61. The number of carboxylic acid groups (broad SMARTS) is 1. The number of hydrogen-bond donors (Lipinski definition) is 4. The van der Waals surface area contributed by atoms with Crippen LogP contribution in [0, 0.1) is 0 Å². The van der Waals surface area contributed by atoms with Gasteiger partial charge in [0.05, 0.1) is 0 Å². The number of amides is 2. The van der Waals surface area contributed by atoms with Gasteiger partial charge in [-0.25, -0.2) is 14.4 Å². The molecule has 1 aromatic carbocycles. The lowest BCUT2D eigenvalue weighted by molar-refractivity contribution is -0.139. The Morgan fingerprint density at radius 1 is 1.17 bits per heavy atom. The molecule has 1 aromatic rings. The van der Waals surface area contributed by atoms with E-state index in [9.17, 15) is 19.5 Å². The highest BCUT2D eigenvalue weighted by atomic mass is 16.6. The molecule has 0 radical (unpaired) electrons. The number of nitrogens with one attached hydrogen (secondary N) is 2. The standard InChI is InChI=1S/C19H28N4O6/c1-19(2,3)29-18(27)23-16(20)21-11-7-10-14(15(24)25)22-17(26)28-12-13-8-5-4-6-9-13/h4-6,8-9,14H,7,10-12H2,1-3H3,(H,22,26)(H,24,25)(H3,20,21,23,27). The summed E-state index contributed by atoms with van der Waals surface area (Å²) in [5.74, 6) is -1.33. The molecule has 0 spiro atoms. The van der Waals surface area contributed by atoms with Gasteiger partial charge in [-0.15, -0.1) is 0 Å². The predicted molar refractivity (Wildman–Crippen MR) is 106 cm³/mol. The Balaban J connectivity index is 2.37. The fourth-order valence-corrected chi connectivity index (χ4v) is 2.11. The van der Waals surface area contributed by atoms with Gasteiger partial charge in [-0.2, -0.15) is 0 Å². The molecule has 1 atom stereocenters. The molecule has 10 heteroatoms. The van der Waals surface area contributed by atoms with E-state index in [0.717, 1.165) is 5.56 Å². The number of nitrogens with two attached hydrogens (primary N) is 1. The van der Waals surface area contributed by atoms with Gasteiger partial charge in [-0.05, 0) is 39.2 Å². The first-order valence-corrected chi connectivity index (χ1v) is 9.07. The largest absolute Gasteiger partial charge is 0.480 e. The van der Waals surface area contributed by atoms with Crippen LogP contribution in [0.1, 0.15) is 39.2 Å². The lowest BCUT2D eigenvalue weighted by Crippen LogP contribution is -2.41. The minimum absolute atomic E-state index is 0.0379. The summed E-state index contributed by atoms with van der Waals surface area (Å²) in [5.41, 5.74) is 5.70. The van der Waals surface area contributed by atoms with Crippen LogP contribution in [0.3, 0.4) is 0 Å². The first-order valence-electron chi connectivity index (χ1n) is 9.07. The van der Waals surface area contributed by atoms with Gasteiger partial charge in [0.2, 0.25) is 0 Å². The molecule has 0 saturated carbocycles. The monoisotopic (exact) mass is 408 g/mol. The molecular formula is C19H28N4O6. The summed E-state index contributed by atoms with van der Waals surface area (Å²) in [6, 6.07) is 7.89. The van der Waals surface area contributed by atoms with Crippen LogP contribution in [0.25, 0.3) is 0 Å². The van der Waals surface area contributed by atoms with Crippen LogP contribution in [0.4, 0.5) is 9.59 Å². The summed E-state index contributed by atoms with van der Waals surface area (Å²) in [5, 5.41) is 13.8. The Morgan fingerprint density at radius 2 is 1.83 bits per heavy atom. The number of aliphatic carboxylic acids is 1. The SMILES string of the molecule is CC(C)(C)OC(=O)NC(N)=NCCCC(NC(=O)OCc1ccccc1)C(=O)O. The average molecular weight is 408 g/mol. The maximum atomic E-state index is 11.8. The number of aliphatic imine (C=N–C) groups is 1. The zero-order valence-electron chi connectivity index (χ0n) is 16.8. The topological polar surface area (TPSA) is 152 Å². The van der Waals surface area contributed by atoms with Gasteiger partial charge in [-0.1, -0.05) is 30.3 Å². The van der Waals surface area contributed by atoms with Gasteiger partial charge in [-0.3, -0.25) is 10.3 Å². The molecule has 0 aliphatic carbocycles. The fraction of sp³-hybridized carbons (Fsp3) is 0.474. The number of hydrogen-bond acceptors (Lipinski definition) is 6. The van der Waals surface area contributed by atoms with E-state index in [1.807, 2.05) is 6.07 Å². The van der Waals surface area contributed by atoms with E-state index in [0.29, 0.717) is 6.42 Å². The molecule has 2 amide bonds. The second-order valence-corrected chi connectivity index (χ2v) is 7.13. The van der Waals surface area contributed by atoms with Crippen LogP contribution in [0.2, 0.25) is 0 Å². The zero-order chi connectivity index (χ0) is 21.9. The molecule has 1 unspecified atom stereocenters. The summed E-state index contributed by atoms with van der Waals surface area (Å²) in [6.45, 7) is 5.33. The van der Waals surface area contributed by atoms with Crippen molar-refractivity contribution in [2.75, 3.05) is 6.54 Å². The second kappa shape index (κ2) is 11.5. The fourth-order valence-electron chi connectivity index (χ4n) is 2.11. The van der Waals surface area contributed by atoms with Gasteiger partial charge in [0.25, 0.3) is 0 Å². The van der Waals surface area contributed by atoms with Crippen molar-refractivity contribution in [3.05, 3.63) is 35.9 Å². The maximum Gasteiger partial charge on any atom is 0.414 e. The third kappa shape index (κ3) is 11.2. The number of alkyl carbamates (subject to hydrolysis) is 2. The van der Waals surface area contributed by atoms with Gasteiger partial charge >= 0.3 is 18.2 Å². The molecule has 0 fully saturated rings. The maximum absolute atomic E-state index is 11.8. The molecule has 0 bridgehead atoms. The van der Waals surface area contributed by atoms with E-state index < -0.39 is 29.8 Å². The van der Waals surface area contributed by atoms with E-state index in [-0.39, 0.29) is 25.5 Å². The lowest BCUT2D eigenvalue weighted by atomic mass is 10.1. The number of rotatable bonds is 8. The van der Waals surface area contributed by atoms with E-state index in [1.165, 1.54) is 0 Å².